The molecule has 3 rings (SSSR count). The lowest BCUT2D eigenvalue weighted by molar-refractivity contribution is 0.181. The van der Waals surface area contributed by atoms with Crippen LogP contribution in [0.15, 0.2) is 18.2 Å². The van der Waals surface area contributed by atoms with Crippen molar-refractivity contribution in [3.8, 4) is 0 Å². The van der Waals surface area contributed by atoms with Crippen molar-refractivity contribution in [2.45, 2.75) is 32.2 Å². The Morgan fingerprint density at radius 3 is 2.87 bits per heavy atom. The first-order valence-corrected chi connectivity index (χ1v) is 7.86. The number of nitrogens with zero attached hydrogens (tertiary/aromatic N) is 1. The van der Waals surface area contributed by atoms with Crippen molar-refractivity contribution in [3.63, 3.8) is 0 Å². The number of amides is 3. The fraction of sp³-hybridized carbons (Fsp3) is 0.500. The third-order valence-electron chi connectivity index (χ3n) is 4.45. The lowest BCUT2D eigenvalue weighted by Gasteiger charge is -2.19. The summed E-state index contributed by atoms with van der Waals surface area (Å²) in [5, 5.41) is 5.41. The average molecular weight is 321 g/mol. The molecule has 23 heavy (non-hydrogen) atoms. The van der Waals surface area contributed by atoms with E-state index < -0.39 is 17.9 Å². The summed E-state index contributed by atoms with van der Waals surface area (Å²) in [5.41, 5.74) is 0.545. The van der Waals surface area contributed by atoms with E-state index in [1.807, 2.05) is 0 Å². The number of anilines is 2. The second-order valence-electron chi connectivity index (χ2n) is 6.04. The summed E-state index contributed by atoms with van der Waals surface area (Å²) < 4.78 is 18.8. The maximum atomic E-state index is 13.9. The summed E-state index contributed by atoms with van der Waals surface area (Å²) in [5.74, 6) is -0.118. The fourth-order valence-electron chi connectivity index (χ4n) is 3.09. The third-order valence-corrected chi connectivity index (χ3v) is 4.45. The van der Waals surface area contributed by atoms with Crippen LogP contribution in [0.25, 0.3) is 0 Å². The lowest BCUT2D eigenvalue weighted by atomic mass is 10.1. The molecule has 3 amide bonds. The van der Waals surface area contributed by atoms with Crippen LogP contribution in [0, 0.1) is 11.7 Å². The normalized spacial score (nSPS) is 23.7. The van der Waals surface area contributed by atoms with Gasteiger partial charge in [-0.2, -0.15) is 0 Å². The molecular weight excluding hydrogens is 301 g/mol. The average Bonchev–Trinajstić information content (AvgIpc) is 3.11. The van der Waals surface area contributed by atoms with Gasteiger partial charge in [0.2, 0.25) is 0 Å². The fourth-order valence-corrected chi connectivity index (χ4v) is 3.09. The molecule has 0 aromatic heterocycles. The highest BCUT2D eigenvalue weighted by Gasteiger charge is 2.26. The van der Waals surface area contributed by atoms with Gasteiger partial charge in [0.05, 0.1) is 12.2 Å². The molecule has 124 valence electrons. The molecule has 1 heterocycles. The molecule has 6 nitrogen and oxygen atoms in total. The summed E-state index contributed by atoms with van der Waals surface area (Å²) in [6.45, 7) is 2.81. The van der Waals surface area contributed by atoms with E-state index in [0.29, 0.717) is 24.8 Å². The maximum absolute atomic E-state index is 13.9. The molecule has 1 saturated carbocycles. The summed E-state index contributed by atoms with van der Waals surface area (Å²) in [4.78, 5) is 25.0. The van der Waals surface area contributed by atoms with Crippen molar-refractivity contribution >= 4 is 23.5 Å². The largest absolute Gasteiger partial charge is 0.447 e. The first-order valence-electron chi connectivity index (χ1n) is 7.86. The van der Waals surface area contributed by atoms with Gasteiger partial charge in [-0.15, -0.1) is 0 Å². The topological polar surface area (TPSA) is 70.7 Å². The zero-order valence-corrected chi connectivity index (χ0v) is 13.0. The van der Waals surface area contributed by atoms with Crippen LogP contribution in [0.1, 0.15) is 26.2 Å². The SMILES string of the molecule is C[C@H]1CCC[C@@H]1NC(=O)Nc1cc(N2CCOC2=O)ccc1F. The van der Waals surface area contributed by atoms with Gasteiger partial charge in [-0.3, -0.25) is 4.90 Å². The van der Waals surface area contributed by atoms with Gasteiger partial charge in [-0.25, -0.2) is 14.0 Å². The summed E-state index contributed by atoms with van der Waals surface area (Å²) in [6, 6.07) is 3.86. The van der Waals surface area contributed by atoms with Gasteiger partial charge in [0.1, 0.15) is 12.4 Å². The van der Waals surface area contributed by atoms with Crippen LogP contribution in [0.5, 0.6) is 0 Å². The Morgan fingerprint density at radius 2 is 2.22 bits per heavy atom. The summed E-state index contributed by atoms with van der Waals surface area (Å²) in [7, 11) is 0. The zero-order chi connectivity index (χ0) is 16.4. The number of benzene rings is 1. The highest BCUT2D eigenvalue weighted by Crippen LogP contribution is 2.26. The second-order valence-corrected chi connectivity index (χ2v) is 6.04. The van der Waals surface area contributed by atoms with Crippen molar-refractivity contribution in [1.29, 1.82) is 0 Å². The molecule has 2 atom stereocenters. The molecule has 0 spiro atoms. The van der Waals surface area contributed by atoms with Gasteiger partial charge in [0, 0.05) is 11.7 Å². The number of halogens is 1. The highest BCUT2D eigenvalue weighted by atomic mass is 19.1. The van der Waals surface area contributed by atoms with E-state index in [2.05, 4.69) is 17.6 Å². The number of carbonyl (C=O) groups excluding carboxylic acids is 2. The van der Waals surface area contributed by atoms with Gasteiger partial charge in [0.15, 0.2) is 0 Å². The van der Waals surface area contributed by atoms with Crippen molar-refractivity contribution < 1.29 is 18.7 Å². The number of urea groups is 1. The predicted octanol–water partition coefficient (Wildman–Crippen LogP) is 3.09. The van der Waals surface area contributed by atoms with Crippen LogP contribution in [-0.4, -0.2) is 31.3 Å². The molecule has 1 aromatic carbocycles. The molecule has 0 radical (unpaired) electrons. The number of carbonyl (C=O) groups is 2. The minimum absolute atomic E-state index is 0.0466. The van der Waals surface area contributed by atoms with Crippen LogP contribution < -0.4 is 15.5 Å². The number of ether oxygens (including phenoxy) is 1. The van der Waals surface area contributed by atoms with E-state index in [0.717, 1.165) is 19.3 Å². The third kappa shape index (κ3) is 3.38. The lowest BCUT2D eigenvalue weighted by Crippen LogP contribution is -2.39. The molecule has 7 heteroatoms. The van der Waals surface area contributed by atoms with Crippen molar-refractivity contribution in [1.82, 2.24) is 5.32 Å². The van der Waals surface area contributed by atoms with E-state index >= 15 is 0 Å². The number of rotatable bonds is 3. The van der Waals surface area contributed by atoms with E-state index in [9.17, 15) is 14.0 Å². The molecule has 1 saturated heterocycles. The Bertz CT molecular complexity index is 623. The van der Waals surface area contributed by atoms with Gasteiger partial charge >= 0.3 is 12.1 Å². The molecule has 2 fully saturated rings. The first-order chi connectivity index (χ1) is 11.0. The van der Waals surface area contributed by atoms with E-state index in [1.165, 1.54) is 23.1 Å². The Morgan fingerprint density at radius 1 is 1.39 bits per heavy atom. The van der Waals surface area contributed by atoms with Gasteiger partial charge in [-0.05, 0) is 37.0 Å². The number of nitrogens with one attached hydrogen (secondary N) is 2. The molecule has 0 unspecified atom stereocenters. The minimum atomic E-state index is -0.545. The Hall–Kier alpha value is -2.31. The van der Waals surface area contributed by atoms with E-state index in [4.69, 9.17) is 4.74 Å². The smallest absolute Gasteiger partial charge is 0.414 e. The molecule has 1 aliphatic heterocycles. The van der Waals surface area contributed by atoms with Gasteiger partial charge in [0.25, 0.3) is 0 Å². The molecule has 0 bridgehead atoms. The van der Waals surface area contributed by atoms with Crippen LogP contribution in [0.2, 0.25) is 0 Å². The minimum Gasteiger partial charge on any atom is -0.447 e. The Labute approximate surface area is 134 Å². The maximum Gasteiger partial charge on any atom is 0.414 e. The zero-order valence-electron chi connectivity index (χ0n) is 13.0. The summed E-state index contributed by atoms with van der Waals surface area (Å²) >= 11 is 0. The van der Waals surface area contributed by atoms with Gasteiger partial charge < -0.3 is 15.4 Å². The number of hydrogen-bond donors (Lipinski definition) is 2. The molecule has 1 aliphatic carbocycles. The monoisotopic (exact) mass is 321 g/mol. The quantitative estimate of drug-likeness (QED) is 0.899. The van der Waals surface area contributed by atoms with Crippen LogP contribution in [0.4, 0.5) is 25.4 Å². The predicted molar refractivity (Wildman–Crippen MR) is 84.1 cm³/mol. The van der Waals surface area contributed by atoms with E-state index in [-0.39, 0.29) is 11.7 Å². The Balaban J connectivity index is 1.69. The molecule has 1 aromatic rings. The number of cyclic esters (lactones) is 1. The van der Waals surface area contributed by atoms with Gasteiger partial charge in [-0.1, -0.05) is 13.3 Å². The molecule has 2 N–H and O–H groups in total. The summed E-state index contributed by atoms with van der Waals surface area (Å²) in [6.07, 6.45) is 2.65. The second kappa shape index (κ2) is 6.44. The molecule has 2 aliphatic rings. The van der Waals surface area contributed by atoms with Crippen LogP contribution >= 0.6 is 0 Å². The van der Waals surface area contributed by atoms with Crippen LogP contribution in [0.3, 0.4) is 0 Å². The van der Waals surface area contributed by atoms with E-state index in [1.54, 1.807) is 0 Å². The highest BCUT2D eigenvalue weighted by molar-refractivity contribution is 5.93. The van der Waals surface area contributed by atoms with Crippen molar-refractivity contribution in [3.05, 3.63) is 24.0 Å². The first kappa shape index (κ1) is 15.6. The molecular formula is C16H20FN3O3. The number of hydrogen-bond acceptors (Lipinski definition) is 3. The Kier molecular flexibility index (Phi) is 4.36. The van der Waals surface area contributed by atoms with Crippen molar-refractivity contribution in [2.24, 2.45) is 5.92 Å². The standard InChI is InChI=1S/C16H20FN3O3/c1-10-3-2-4-13(10)18-15(21)19-14-9-11(5-6-12(14)17)20-7-8-23-16(20)22/h5-6,9-10,13H,2-4,7-8H2,1H3,(H2,18,19,21)/t10-,13-/m0/s1. The van der Waals surface area contributed by atoms with Crippen LogP contribution in [-0.2, 0) is 4.74 Å². The van der Waals surface area contributed by atoms with Crippen molar-refractivity contribution in [2.75, 3.05) is 23.4 Å².